The molecule has 0 fully saturated rings. The molecule has 0 spiro atoms. The number of rotatable bonds is 9. The molecule has 0 aliphatic heterocycles. The van der Waals surface area contributed by atoms with Crippen LogP contribution in [0.15, 0.2) is 18.5 Å². The molecule has 0 aliphatic rings. The first-order valence-electron chi connectivity index (χ1n) is 6.57. The summed E-state index contributed by atoms with van der Waals surface area (Å²) in [4.78, 5) is 4.15. The van der Waals surface area contributed by atoms with Gasteiger partial charge in [0.25, 0.3) is 0 Å². The first-order chi connectivity index (χ1) is 9.13. The molecule has 5 heteroatoms. The van der Waals surface area contributed by atoms with Gasteiger partial charge in [-0.05, 0) is 31.9 Å². The maximum Gasteiger partial charge on any atom is 0.138 e. The molecule has 108 valence electrons. The first kappa shape index (κ1) is 15.9. The van der Waals surface area contributed by atoms with Crippen molar-refractivity contribution in [3.8, 4) is 5.75 Å². The van der Waals surface area contributed by atoms with E-state index in [1.54, 1.807) is 19.5 Å². The van der Waals surface area contributed by atoms with Crippen LogP contribution >= 0.6 is 0 Å². The molecule has 0 amide bonds. The Labute approximate surface area is 115 Å². The van der Waals surface area contributed by atoms with Crippen LogP contribution in [0.25, 0.3) is 0 Å². The molecule has 0 radical (unpaired) electrons. The highest BCUT2D eigenvalue weighted by atomic mass is 16.5. The number of pyridine rings is 1. The number of aromatic nitrogens is 1. The van der Waals surface area contributed by atoms with Crippen molar-refractivity contribution < 1.29 is 14.2 Å². The first-order valence-corrected chi connectivity index (χ1v) is 6.57. The zero-order valence-corrected chi connectivity index (χ0v) is 12.0. The smallest absolute Gasteiger partial charge is 0.138 e. The van der Waals surface area contributed by atoms with Gasteiger partial charge in [0, 0.05) is 26.0 Å². The fourth-order valence-electron chi connectivity index (χ4n) is 1.60. The van der Waals surface area contributed by atoms with Gasteiger partial charge in [0.05, 0.1) is 25.5 Å². The van der Waals surface area contributed by atoms with E-state index in [9.17, 15) is 0 Å². The number of hydrogen-bond acceptors (Lipinski definition) is 5. The minimum Gasteiger partial charge on any atom is -0.489 e. The summed E-state index contributed by atoms with van der Waals surface area (Å²) >= 11 is 0. The largest absolute Gasteiger partial charge is 0.489 e. The highest BCUT2D eigenvalue weighted by molar-refractivity contribution is 5.25. The lowest BCUT2D eigenvalue weighted by molar-refractivity contribution is 0.0672. The fraction of sp³-hybridized carbons (Fsp3) is 0.643. The Balaban J connectivity index is 2.40. The predicted molar refractivity (Wildman–Crippen MR) is 74.2 cm³/mol. The molecule has 1 aromatic heterocycles. The van der Waals surface area contributed by atoms with Crippen molar-refractivity contribution >= 4 is 0 Å². The van der Waals surface area contributed by atoms with Crippen LogP contribution in [0, 0.1) is 0 Å². The van der Waals surface area contributed by atoms with Gasteiger partial charge in [-0.3, -0.25) is 4.98 Å². The van der Waals surface area contributed by atoms with Gasteiger partial charge in [-0.15, -0.1) is 0 Å². The van der Waals surface area contributed by atoms with Gasteiger partial charge in [0.2, 0.25) is 0 Å². The third kappa shape index (κ3) is 6.52. The van der Waals surface area contributed by atoms with E-state index in [1.165, 1.54) is 0 Å². The third-order valence-corrected chi connectivity index (χ3v) is 2.54. The number of nitrogens with two attached hydrogens (primary N) is 1. The van der Waals surface area contributed by atoms with E-state index in [1.807, 2.05) is 19.9 Å². The van der Waals surface area contributed by atoms with E-state index in [4.69, 9.17) is 19.9 Å². The second-order valence-corrected chi connectivity index (χ2v) is 4.62. The van der Waals surface area contributed by atoms with E-state index >= 15 is 0 Å². The number of hydrogen-bond donors (Lipinski definition) is 1. The van der Waals surface area contributed by atoms with Crippen molar-refractivity contribution in [2.24, 2.45) is 5.73 Å². The van der Waals surface area contributed by atoms with Gasteiger partial charge in [0.15, 0.2) is 0 Å². The Bertz CT molecular complexity index is 358. The van der Waals surface area contributed by atoms with Crippen molar-refractivity contribution in [2.75, 3.05) is 26.9 Å². The zero-order valence-electron chi connectivity index (χ0n) is 12.0. The Hall–Kier alpha value is -1.17. The minimum absolute atomic E-state index is 0.0919. The van der Waals surface area contributed by atoms with Gasteiger partial charge in [-0.1, -0.05) is 0 Å². The van der Waals surface area contributed by atoms with Crippen molar-refractivity contribution in [2.45, 2.75) is 32.4 Å². The van der Waals surface area contributed by atoms with Crippen LogP contribution in [0.1, 0.15) is 31.9 Å². The zero-order chi connectivity index (χ0) is 14.1. The van der Waals surface area contributed by atoms with Crippen molar-refractivity contribution in [3.63, 3.8) is 0 Å². The van der Waals surface area contributed by atoms with Crippen LogP contribution < -0.4 is 10.5 Å². The van der Waals surface area contributed by atoms with Gasteiger partial charge in [-0.2, -0.15) is 0 Å². The van der Waals surface area contributed by atoms with E-state index in [0.29, 0.717) is 19.8 Å². The standard InChI is InChI=1S/C14H24N2O3/c1-11(2)19-13-8-12(9-16-10-13)14(15)4-5-18-7-6-17-3/h8-11,14H,4-7,15H2,1-3H3. The maximum atomic E-state index is 6.10. The lowest BCUT2D eigenvalue weighted by Crippen LogP contribution is -2.15. The molecular formula is C14H24N2O3. The monoisotopic (exact) mass is 268 g/mol. The Kier molecular flexibility index (Phi) is 7.40. The summed E-state index contributed by atoms with van der Waals surface area (Å²) in [7, 11) is 1.65. The molecule has 19 heavy (non-hydrogen) atoms. The molecule has 1 unspecified atom stereocenters. The Morgan fingerprint density at radius 3 is 2.68 bits per heavy atom. The number of nitrogens with zero attached hydrogens (tertiary/aromatic N) is 1. The van der Waals surface area contributed by atoms with Gasteiger partial charge >= 0.3 is 0 Å². The second kappa shape index (κ2) is 8.85. The van der Waals surface area contributed by atoms with Crippen LogP contribution in [0.4, 0.5) is 0 Å². The van der Waals surface area contributed by atoms with Crippen LogP contribution in [0.3, 0.4) is 0 Å². The van der Waals surface area contributed by atoms with Gasteiger partial charge < -0.3 is 19.9 Å². The van der Waals surface area contributed by atoms with Crippen molar-refractivity contribution in [1.29, 1.82) is 0 Å². The topological polar surface area (TPSA) is 66.6 Å². The van der Waals surface area contributed by atoms with E-state index in [-0.39, 0.29) is 12.1 Å². The molecular weight excluding hydrogens is 244 g/mol. The molecule has 1 aromatic rings. The van der Waals surface area contributed by atoms with Crippen LogP contribution in [-0.2, 0) is 9.47 Å². The molecule has 0 saturated carbocycles. The summed E-state index contributed by atoms with van der Waals surface area (Å²) in [5.74, 6) is 0.753. The van der Waals surface area contributed by atoms with E-state index in [2.05, 4.69) is 4.98 Å². The van der Waals surface area contributed by atoms with Crippen molar-refractivity contribution in [3.05, 3.63) is 24.0 Å². The average molecular weight is 268 g/mol. The SMILES string of the molecule is COCCOCCC(N)c1cncc(OC(C)C)c1. The number of methoxy groups -OCH3 is 1. The molecule has 0 bridgehead atoms. The summed E-state index contributed by atoms with van der Waals surface area (Å²) in [6.45, 7) is 5.78. The number of ether oxygens (including phenoxy) is 3. The average Bonchev–Trinajstić information content (AvgIpc) is 2.38. The summed E-state index contributed by atoms with van der Waals surface area (Å²) in [6.07, 6.45) is 4.35. The van der Waals surface area contributed by atoms with Gasteiger partial charge in [-0.25, -0.2) is 0 Å². The second-order valence-electron chi connectivity index (χ2n) is 4.62. The summed E-state index contributed by atoms with van der Waals surface area (Å²) in [5, 5.41) is 0. The van der Waals surface area contributed by atoms with E-state index < -0.39 is 0 Å². The maximum absolute atomic E-state index is 6.10. The molecule has 1 heterocycles. The fourth-order valence-corrected chi connectivity index (χ4v) is 1.60. The minimum atomic E-state index is -0.0919. The molecule has 1 rings (SSSR count). The third-order valence-electron chi connectivity index (χ3n) is 2.54. The van der Waals surface area contributed by atoms with Gasteiger partial charge in [0.1, 0.15) is 5.75 Å². The summed E-state index contributed by atoms with van der Waals surface area (Å²) < 4.78 is 15.9. The van der Waals surface area contributed by atoms with Crippen LogP contribution in [0.2, 0.25) is 0 Å². The highest BCUT2D eigenvalue weighted by Gasteiger charge is 2.08. The van der Waals surface area contributed by atoms with Crippen LogP contribution in [-0.4, -0.2) is 38.0 Å². The molecule has 1 atom stereocenters. The Morgan fingerprint density at radius 2 is 2.00 bits per heavy atom. The van der Waals surface area contributed by atoms with E-state index in [0.717, 1.165) is 17.7 Å². The molecule has 0 aromatic carbocycles. The quantitative estimate of drug-likeness (QED) is 0.693. The lowest BCUT2D eigenvalue weighted by Gasteiger charge is -2.14. The lowest BCUT2D eigenvalue weighted by atomic mass is 10.1. The summed E-state index contributed by atoms with van der Waals surface area (Å²) in [5.41, 5.74) is 7.07. The molecule has 2 N–H and O–H groups in total. The Morgan fingerprint density at radius 1 is 1.21 bits per heavy atom. The molecule has 0 aliphatic carbocycles. The van der Waals surface area contributed by atoms with Crippen molar-refractivity contribution in [1.82, 2.24) is 4.98 Å². The molecule has 0 saturated heterocycles. The summed E-state index contributed by atoms with van der Waals surface area (Å²) in [6, 6.07) is 1.85. The molecule has 5 nitrogen and oxygen atoms in total. The highest BCUT2D eigenvalue weighted by Crippen LogP contribution is 2.19. The van der Waals surface area contributed by atoms with Crippen LogP contribution in [0.5, 0.6) is 5.75 Å². The normalized spacial score (nSPS) is 12.7. The predicted octanol–water partition coefficient (Wildman–Crippen LogP) is 1.92.